The summed E-state index contributed by atoms with van der Waals surface area (Å²) in [6.07, 6.45) is 0.907. The first-order chi connectivity index (χ1) is 14.5. The van der Waals surface area contributed by atoms with E-state index in [0.29, 0.717) is 5.56 Å². The van der Waals surface area contributed by atoms with Crippen LogP contribution in [0.1, 0.15) is 34.0 Å². The average molecular weight is 420 g/mol. The molecule has 152 valence electrons. The lowest BCUT2D eigenvalue weighted by Crippen LogP contribution is -2.87. The van der Waals surface area contributed by atoms with Crippen LogP contribution in [0.15, 0.2) is 47.3 Å². The fraction of sp³-hybridized carbons (Fsp3) is 0.217. The Hall–Kier alpha value is -3.16. The number of nitrogens with one attached hydrogen (secondary N) is 2. The van der Waals surface area contributed by atoms with Crippen molar-refractivity contribution in [2.24, 2.45) is 0 Å². The summed E-state index contributed by atoms with van der Waals surface area (Å²) in [4.78, 5) is 19.3. The van der Waals surface area contributed by atoms with Crippen molar-refractivity contribution in [2.75, 3.05) is 6.54 Å². The summed E-state index contributed by atoms with van der Waals surface area (Å²) in [6, 6.07) is 13.8. The van der Waals surface area contributed by atoms with E-state index in [2.05, 4.69) is 21.4 Å². The Morgan fingerprint density at radius 1 is 1.17 bits per heavy atom. The standard InChI is InChI=1S/C23H22N4O2S/c1-12-7-8-13(2)17(11-12)27-22(29)18(21(28)26-23(27)30)20-19-15(9-10-24-20)14-5-3-4-6-16(14)25-19/h3-8,11,20,24-25,29H,9-10H2,1-2H3,(H,26,28,30)/p+1/t20-/m0/s1. The fourth-order valence-electron chi connectivity index (χ4n) is 4.53. The van der Waals surface area contributed by atoms with E-state index in [4.69, 9.17) is 12.2 Å². The minimum absolute atomic E-state index is 0.106. The van der Waals surface area contributed by atoms with Crippen LogP contribution >= 0.6 is 12.2 Å². The summed E-state index contributed by atoms with van der Waals surface area (Å²) < 4.78 is 1.75. The molecule has 0 saturated carbocycles. The highest BCUT2D eigenvalue weighted by Gasteiger charge is 2.34. The highest BCUT2D eigenvalue weighted by Crippen LogP contribution is 2.33. The summed E-state index contributed by atoms with van der Waals surface area (Å²) in [5.41, 5.74) is 5.95. The zero-order valence-corrected chi connectivity index (χ0v) is 17.6. The van der Waals surface area contributed by atoms with Gasteiger partial charge in [-0.3, -0.25) is 14.3 Å². The number of aromatic amines is 2. The van der Waals surface area contributed by atoms with E-state index in [1.807, 2.05) is 50.2 Å². The number of benzene rings is 2. The molecule has 0 unspecified atom stereocenters. The molecule has 4 aromatic rings. The zero-order chi connectivity index (χ0) is 21.0. The van der Waals surface area contributed by atoms with Crippen molar-refractivity contribution >= 4 is 23.1 Å². The SMILES string of the molecule is Cc1ccc(C)c(-n2c(O)c([C@@H]3[NH2+]CCc4c3[nH]c3ccccc43)c(=O)[nH]c2=S)c1. The lowest BCUT2D eigenvalue weighted by molar-refractivity contribution is -0.690. The molecule has 0 spiro atoms. The van der Waals surface area contributed by atoms with E-state index >= 15 is 0 Å². The van der Waals surface area contributed by atoms with E-state index in [1.165, 1.54) is 10.9 Å². The molecule has 30 heavy (non-hydrogen) atoms. The number of aromatic nitrogens is 3. The Bertz CT molecular complexity index is 1410. The van der Waals surface area contributed by atoms with Gasteiger partial charge in [0, 0.05) is 17.3 Å². The van der Waals surface area contributed by atoms with Crippen molar-refractivity contribution in [3.8, 4) is 11.6 Å². The number of nitrogens with zero attached hydrogens (tertiary/aromatic N) is 1. The van der Waals surface area contributed by atoms with Crippen LogP contribution in [-0.4, -0.2) is 26.2 Å². The molecule has 0 bridgehead atoms. The topological polar surface area (TPSA) is 90.4 Å². The van der Waals surface area contributed by atoms with Crippen LogP contribution in [0.5, 0.6) is 5.88 Å². The van der Waals surface area contributed by atoms with Gasteiger partial charge in [-0.05, 0) is 54.9 Å². The van der Waals surface area contributed by atoms with Gasteiger partial charge in [0.25, 0.3) is 5.56 Å². The monoisotopic (exact) mass is 419 g/mol. The molecular formula is C23H23N4O2S+. The Morgan fingerprint density at radius 3 is 2.80 bits per heavy atom. The second kappa shape index (κ2) is 6.97. The van der Waals surface area contributed by atoms with Crippen LogP contribution in [-0.2, 0) is 6.42 Å². The number of aryl methyl sites for hydroxylation is 2. The number of hydrogen-bond donors (Lipinski definition) is 4. The number of rotatable bonds is 2. The van der Waals surface area contributed by atoms with Crippen molar-refractivity contribution in [2.45, 2.75) is 26.3 Å². The molecule has 0 fully saturated rings. The molecule has 5 N–H and O–H groups in total. The zero-order valence-electron chi connectivity index (χ0n) is 16.8. The van der Waals surface area contributed by atoms with E-state index in [9.17, 15) is 9.90 Å². The van der Waals surface area contributed by atoms with Crippen molar-refractivity contribution in [1.29, 1.82) is 0 Å². The molecular weight excluding hydrogens is 396 g/mol. The Kier molecular flexibility index (Phi) is 4.38. The summed E-state index contributed by atoms with van der Waals surface area (Å²) in [7, 11) is 0. The lowest BCUT2D eigenvalue weighted by atomic mass is 9.95. The van der Waals surface area contributed by atoms with Gasteiger partial charge in [0.15, 0.2) is 10.8 Å². The van der Waals surface area contributed by atoms with Crippen LogP contribution in [0, 0.1) is 18.6 Å². The highest BCUT2D eigenvalue weighted by atomic mass is 32.1. The Labute approximate surface area is 178 Å². The second-order valence-electron chi connectivity index (χ2n) is 7.94. The minimum atomic E-state index is -0.355. The number of nitrogens with two attached hydrogens (primary N) is 1. The number of quaternary nitrogens is 1. The van der Waals surface area contributed by atoms with Gasteiger partial charge in [-0.2, -0.15) is 0 Å². The number of aromatic hydroxyl groups is 1. The third-order valence-corrected chi connectivity index (χ3v) is 6.28. The lowest BCUT2D eigenvalue weighted by Gasteiger charge is -2.23. The van der Waals surface area contributed by atoms with Gasteiger partial charge in [-0.15, -0.1) is 0 Å². The Morgan fingerprint density at radius 2 is 1.97 bits per heavy atom. The summed E-state index contributed by atoms with van der Waals surface area (Å²) in [6.45, 7) is 4.78. The first kappa shape index (κ1) is 18.8. The molecule has 1 atom stereocenters. The van der Waals surface area contributed by atoms with Crippen molar-refractivity contribution in [3.05, 3.63) is 85.5 Å². The van der Waals surface area contributed by atoms with Gasteiger partial charge < -0.3 is 15.4 Å². The van der Waals surface area contributed by atoms with Crippen LogP contribution in [0.25, 0.3) is 16.6 Å². The first-order valence-corrected chi connectivity index (χ1v) is 10.4. The minimum Gasteiger partial charge on any atom is -0.494 e. The van der Waals surface area contributed by atoms with Crippen LogP contribution in [0.3, 0.4) is 0 Å². The molecule has 6 nitrogen and oxygen atoms in total. The number of H-pyrrole nitrogens is 2. The summed E-state index contributed by atoms with van der Waals surface area (Å²) >= 11 is 5.43. The predicted molar refractivity (Wildman–Crippen MR) is 119 cm³/mol. The molecule has 1 aliphatic rings. The molecule has 1 aliphatic heterocycles. The third kappa shape index (κ3) is 2.81. The van der Waals surface area contributed by atoms with Gasteiger partial charge >= 0.3 is 0 Å². The molecule has 2 aromatic carbocycles. The number of para-hydroxylation sites is 1. The van der Waals surface area contributed by atoms with Crippen LogP contribution in [0.2, 0.25) is 0 Å². The van der Waals surface area contributed by atoms with Gasteiger partial charge in [0.05, 0.1) is 17.9 Å². The first-order valence-electron chi connectivity index (χ1n) is 10.0. The van der Waals surface area contributed by atoms with E-state index in [-0.39, 0.29) is 22.3 Å². The van der Waals surface area contributed by atoms with Crippen molar-refractivity contribution in [1.82, 2.24) is 14.5 Å². The van der Waals surface area contributed by atoms with Gasteiger partial charge in [-0.1, -0.05) is 30.3 Å². The predicted octanol–water partition coefficient (Wildman–Crippen LogP) is 2.91. The summed E-state index contributed by atoms with van der Waals surface area (Å²) in [5, 5.41) is 14.6. The molecule has 0 amide bonds. The molecule has 0 saturated heterocycles. The number of fused-ring (bicyclic) bond motifs is 3. The largest absolute Gasteiger partial charge is 0.494 e. The van der Waals surface area contributed by atoms with Gasteiger partial charge in [0.2, 0.25) is 5.88 Å². The molecule has 0 radical (unpaired) electrons. The maximum atomic E-state index is 13.0. The van der Waals surface area contributed by atoms with E-state index < -0.39 is 0 Å². The van der Waals surface area contributed by atoms with Gasteiger partial charge in [0.1, 0.15) is 5.56 Å². The maximum Gasteiger partial charge on any atom is 0.265 e. The maximum absolute atomic E-state index is 13.0. The average Bonchev–Trinajstić information content (AvgIpc) is 3.10. The van der Waals surface area contributed by atoms with E-state index in [1.54, 1.807) is 4.57 Å². The van der Waals surface area contributed by atoms with Crippen molar-refractivity contribution < 1.29 is 10.4 Å². The third-order valence-electron chi connectivity index (χ3n) is 5.99. The molecule has 3 heterocycles. The van der Waals surface area contributed by atoms with Gasteiger partial charge in [-0.25, -0.2) is 0 Å². The quantitative estimate of drug-likeness (QED) is 0.377. The fourth-order valence-corrected chi connectivity index (χ4v) is 4.81. The smallest absolute Gasteiger partial charge is 0.265 e. The summed E-state index contributed by atoms with van der Waals surface area (Å²) in [5.74, 6) is -0.106. The molecule has 2 aromatic heterocycles. The molecule has 5 rings (SSSR count). The molecule has 7 heteroatoms. The van der Waals surface area contributed by atoms with E-state index in [0.717, 1.165) is 41.0 Å². The van der Waals surface area contributed by atoms with Crippen molar-refractivity contribution in [3.63, 3.8) is 0 Å². The molecule has 0 aliphatic carbocycles. The highest BCUT2D eigenvalue weighted by molar-refractivity contribution is 7.71. The van der Waals surface area contributed by atoms with Crippen LogP contribution < -0.4 is 10.9 Å². The second-order valence-corrected chi connectivity index (χ2v) is 8.32. The normalized spacial score (nSPS) is 16.0. The number of hydrogen-bond acceptors (Lipinski definition) is 3. The van der Waals surface area contributed by atoms with Crippen LogP contribution in [0.4, 0.5) is 0 Å². The Balaban J connectivity index is 1.77.